The van der Waals surface area contributed by atoms with Crippen LogP contribution in [0.3, 0.4) is 0 Å². The minimum absolute atomic E-state index is 0.0189. The molecule has 0 unspecified atom stereocenters. The van der Waals surface area contributed by atoms with Gasteiger partial charge in [-0.25, -0.2) is 0 Å². The van der Waals surface area contributed by atoms with Crippen LogP contribution in [-0.4, -0.2) is 129 Å². The van der Waals surface area contributed by atoms with Crippen LogP contribution >= 0.6 is 11.6 Å². The molecule has 0 aliphatic carbocycles. The van der Waals surface area contributed by atoms with Gasteiger partial charge in [0.15, 0.2) is 0 Å². The summed E-state index contributed by atoms with van der Waals surface area (Å²) >= 11 is 6.06. The molecule has 4 aromatic carbocycles. The van der Waals surface area contributed by atoms with Gasteiger partial charge in [0.05, 0.1) is 12.1 Å². The number of aliphatic hydroxyl groups is 1. The number of carbonyl (C=O) groups is 9. The predicted octanol–water partition coefficient (Wildman–Crippen LogP) is -0.813. The van der Waals surface area contributed by atoms with Crippen molar-refractivity contribution in [1.82, 2.24) is 37.2 Å². The smallest absolute Gasteiger partial charge is 0.248 e. The summed E-state index contributed by atoms with van der Waals surface area (Å²) in [6, 6.07) is 12.0. The van der Waals surface area contributed by atoms with Crippen molar-refractivity contribution in [3.8, 4) is 11.5 Å². The van der Waals surface area contributed by atoms with Crippen molar-refractivity contribution in [3.05, 3.63) is 142 Å². The lowest BCUT2D eigenvalue weighted by Crippen LogP contribution is -2.62. The van der Waals surface area contributed by atoms with E-state index in [9.17, 15) is 58.5 Å². The van der Waals surface area contributed by atoms with Gasteiger partial charge in [0, 0.05) is 29.8 Å². The summed E-state index contributed by atoms with van der Waals surface area (Å²) in [6.45, 7) is 1.41. The second-order valence-corrected chi connectivity index (χ2v) is 19.6. The van der Waals surface area contributed by atoms with Gasteiger partial charge >= 0.3 is 0 Å². The molecule has 0 fully saturated rings. The van der Waals surface area contributed by atoms with Crippen LogP contribution in [0.1, 0.15) is 71.6 Å². The average Bonchev–Trinajstić information content (AvgIpc) is 3.41. The number of nitrogens with one attached hydrogen (secondary N) is 7. The number of hydrogen-bond acceptors (Lipinski definition) is 14. The summed E-state index contributed by atoms with van der Waals surface area (Å²) in [4.78, 5) is 125. The van der Waals surface area contributed by atoms with Crippen molar-refractivity contribution in [2.75, 3.05) is 6.54 Å². The highest BCUT2D eigenvalue weighted by Crippen LogP contribution is 2.17. The molecule has 4 aromatic rings. The number of aliphatic hydroxyl groups excluding tert-OH is 1. The van der Waals surface area contributed by atoms with Gasteiger partial charge in [-0.15, -0.1) is 0 Å². The number of phenolic OH excluding ortho intramolecular Hbond substituents is 2. The van der Waals surface area contributed by atoms with Gasteiger partial charge < -0.3 is 75.5 Å². The number of halogens is 1. The molecule has 1 aliphatic rings. The Morgan fingerprint density at radius 3 is 1.67 bits per heavy atom. The van der Waals surface area contributed by atoms with Crippen molar-refractivity contribution in [2.24, 2.45) is 22.9 Å². The zero-order valence-electron chi connectivity index (χ0n) is 43.4. The summed E-state index contributed by atoms with van der Waals surface area (Å²) in [6.07, 6.45) is 0.499. The fraction of sp³-hybridized carbons (Fsp3) is 0.364. The van der Waals surface area contributed by atoms with Crippen molar-refractivity contribution >= 4 is 64.8 Å². The molecule has 0 aromatic heterocycles. The Labute approximate surface area is 461 Å². The molecule has 1 heterocycles. The first-order valence-corrected chi connectivity index (χ1v) is 25.9. The van der Waals surface area contributed by atoms with E-state index in [1.807, 2.05) is 0 Å². The van der Waals surface area contributed by atoms with Gasteiger partial charge in [0.2, 0.25) is 53.2 Å². The Bertz CT molecular complexity index is 2800. The Morgan fingerprint density at radius 2 is 1.13 bits per heavy atom. The van der Waals surface area contributed by atoms with E-state index < -0.39 is 108 Å². The van der Waals surface area contributed by atoms with Gasteiger partial charge in [-0.05, 0) is 123 Å². The lowest BCUT2D eigenvalue weighted by atomic mass is 10.00. The Morgan fingerprint density at radius 1 is 0.633 bits per heavy atom. The standard InChI is InChI=1S/C55H68ClN11O12/c1-30(68)46-55(79)63-41(50(74)64-43(48(60)72)27-33-13-21-37(69)22-14-33)7-3-2-6-40(61-49(73)39(58)26-31-11-19-36(56)20-12-31)51(75)65-45(29-34-15-23-38(70)24-16-34)54(78)66-44(28-32-9-17-35(18-10-32)47(59)71)53(77)62-42(52(76)67-46)8-4-5-25-57/h2-3,9-24,30,39-46,68-70H,4-8,25-29,57-58H2,1H3,(H2,59,71)(H2,60,72)(H,61,73)(H,62,77)(H,63,79)(H,64,74)(H,65,75)(H,66,78)(H,67,76)/t30-,39+,40+,41+,42+,43-,44-,45+,46+/m1/s1. The van der Waals surface area contributed by atoms with Gasteiger partial charge in [-0.3, -0.25) is 43.2 Å². The number of carbonyl (C=O) groups excluding carboxylic acids is 9. The van der Waals surface area contributed by atoms with Crippen LogP contribution < -0.4 is 60.2 Å². The number of rotatable bonds is 19. The van der Waals surface area contributed by atoms with Gasteiger partial charge in [-0.1, -0.05) is 72.3 Å². The summed E-state index contributed by atoms with van der Waals surface area (Å²) in [5, 5.41) is 49.6. The number of aromatic hydroxyl groups is 2. The molecule has 0 spiro atoms. The molecule has 422 valence electrons. The number of benzene rings is 4. The van der Waals surface area contributed by atoms with Crippen LogP contribution in [0.2, 0.25) is 5.02 Å². The molecular weight excluding hydrogens is 1040 g/mol. The lowest BCUT2D eigenvalue weighted by Gasteiger charge is -2.29. The first-order valence-electron chi connectivity index (χ1n) is 25.5. The molecule has 79 heavy (non-hydrogen) atoms. The van der Waals surface area contributed by atoms with Crippen LogP contribution in [0.25, 0.3) is 0 Å². The zero-order chi connectivity index (χ0) is 57.8. The van der Waals surface area contributed by atoms with E-state index in [1.165, 1.54) is 91.9 Å². The number of phenols is 2. The number of hydrogen-bond donors (Lipinski definition) is 14. The van der Waals surface area contributed by atoms with Crippen molar-refractivity contribution < 1.29 is 58.5 Å². The van der Waals surface area contributed by atoms with E-state index in [0.717, 1.165) is 0 Å². The number of unbranched alkanes of at least 4 members (excludes halogenated alkanes) is 1. The monoisotopic (exact) mass is 1110 g/mol. The van der Waals surface area contributed by atoms with E-state index in [0.29, 0.717) is 33.7 Å². The third-order valence-corrected chi connectivity index (χ3v) is 13.1. The SMILES string of the molecule is C[C@@H](O)[C@@H]1NC(=O)[C@H](CCCCN)NC(=O)[C@@H](Cc2ccc(C(N)=O)cc2)NC(=O)[C@H](Cc2ccc(O)cc2)NC(=O)[C@@H](NC(=O)[C@@H](N)Cc2ccc(Cl)cc2)CC=CC[C@@H](C(=O)N[C@H](Cc2ccc(O)cc2)C(N)=O)NC1=O. The molecule has 0 bridgehead atoms. The topological polar surface area (TPSA) is 403 Å². The first kappa shape index (κ1) is 61.5. The molecule has 23 nitrogen and oxygen atoms in total. The molecule has 9 amide bonds. The summed E-state index contributed by atoms with van der Waals surface area (Å²) in [5.41, 5.74) is 25.5. The van der Waals surface area contributed by atoms with Crippen molar-refractivity contribution in [1.29, 1.82) is 0 Å². The van der Waals surface area contributed by atoms with E-state index in [4.69, 9.17) is 34.5 Å². The molecule has 5 rings (SSSR count). The molecule has 24 heteroatoms. The highest BCUT2D eigenvalue weighted by molar-refractivity contribution is 6.30. The summed E-state index contributed by atoms with van der Waals surface area (Å²) in [7, 11) is 0. The maximum absolute atomic E-state index is 14.7. The number of amides is 9. The van der Waals surface area contributed by atoms with Crippen molar-refractivity contribution in [2.45, 2.75) is 119 Å². The van der Waals surface area contributed by atoms with Crippen LogP contribution in [-0.2, 0) is 64.0 Å². The van der Waals surface area contributed by atoms with Gasteiger partial charge in [0.1, 0.15) is 53.8 Å². The highest BCUT2D eigenvalue weighted by atomic mass is 35.5. The van der Waals surface area contributed by atoms with Crippen LogP contribution in [0.15, 0.2) is 109 Å². The second-order valence-electron chi connectivity index (χ2n) is 19.2. The fourth-order valence-corrected chi connectivity index (χ4v) is 8.49. The van der Waals surface area contributed by atoms with Gasteiger partial charge in [-0.2, -0.15) is 0 Å². The third kappa shape index (κ3) is 19.5. The predicted molar refractivity (Wildman–Crippen MR) is 291 cm³/mol. The minimum atomic E-state index is -1.77. The Balaban J connectivity index is 1.60. The Hall–Kier alpha value is -8.38. The number of primary amides is 2. The second kappa shape index (κ2) is 30.0. The quantitative estimate of drug-likeness (QED) is 0.0404. The molecule has 1 aliphatic heterocycles. The lowest BCUT2D eigenvalue weighted by molar-refractivity contribution is -0.137. The number of nitrogens with two attached hydrogens (primary N) is 4. The normalized spacial score (nSPS) is 20.8. The molecule has 0 saturated carbocycles. The molecule has 0 saturated heterocycles. The third-order valence-electron chi connectivity index (χ3n) is 12.9. The minimum Gasteiger partial charge on any atom is -0.508 e. The highest BCUT2D eigenvalue weighted by Gasteiger charge is 2.36. The average molecular weight is 1110 g/mol. The van der Waals surface area contributed by atoms with E-state index >= 15 is 0 Å². The van der Waals surface area contributed by atoms with Crippen LogP contribution in [0, 0.1) is 0 Å². The van der Waals surface area contributed by atoms with Crippen molar-refractivity contribution in [3.63, 3.8) is 0 Å². The molecular formula is C55H68ClN11O12. The zero-order valence-corrected chi connectivity index (χ0v) is 44.1. The Kier molecular flexibility index (Phi) is 23.3. The first-order chi connectivity index (χ1) is 37.6. The maximum Gasteiger partial charge on any atom is 0.248 e. The van der Waals surface area contributed by atoms with Gasteiger partial charge in [0.25, 0.3) is 0 Å². The largest absolute Gasteiger partial charge is 0.508 e. The van der Waals surface area contributed by atoms with Crippen LogP contribution in [0.4, 0.5) is 0 Å². The summed E-state index contributed by atoms with van der Waals surface area (Å²) < 4.78 is 0. The molecule has 9 atom stereocenters. The molecule has 18 N–H and O–H groups in total. The maximum atomic E-state index is 14.7. The van der Waals surface area contributed by atoms with E-state index in [-0.39, 0.29) is 75.0 Å². The van der Waals surface area contributed by atoms with E-state index in [1.54, 1.807) is 24.3 Å². The molecule has 0 radical (unpaired) electrons. The van der Waals surface area contributed by atoms with E-state index in [2.05, 4.69) is 37.2 Å². The van der Waals surface area contributed by atoms with Crippen LogP contribution in [0.5, 0.6) is 11.5 Å². The summed E-state index contributed by atoms with van der Waals surface area (Å²) in [5.74, 6) is -8.31. The fourth-order valence-electron chi connectivity index (χ4n) is 8.36.